The summed E-state index contributed by atoms with van der Waals surface area (Å²) in [4.78, 5) is 21.3. The summed E-state index contributed by atoms with van der Waals surface area (Å²) in [5, 5.41) is 0. The van der Waals surface area contributed by atoms with Gasteiger partial charge in [-0.05, 0) is 0 Å². The first-order valence-corrected chi connectivity index (χ1v) is 2.97. The zero-order valence-corrected chi connectivity index (χ0v) is 5.08. The average molecular weight is 140 g/mol. The Morgan fingerprint density at radius 3 is 2.38 bits per heavy atom. The van der Waals surface area contributed by atoms with E-state index in [-0.39, 0.29) is 0 Å². The molecular formula is C2H5O5P. The van der Waals surface area contributed by atoms with Gasteiger partial charge in [-0.15, -0.1) is 0 Å². The normalized spacial score (nSPS) is 12.8. The summed E-state index contributed by atoms with van der Waals surface area (Å²) in [7, 11) is -3.12. The van der Waals surface area contributed by atoms with Crippen LogP contribution in [0.2, 0.25) is 0 Å². The molecule has 48 valence electrons. The van der Waals surface area contributed by atoms with Crippen molar-refractivity contribution >= 4 is 14.2 Å². The lowest BCUT2D eigenvalue weighted by Gasteiger charge is -1.92. The molecule has 0 bridgehead atoms. The lowest BCUT2D eigenvalue weighted by atomic mass is 10.9. The summed E-state index contributed by atoms with van der Waals surface area (Å²) in [6, 6.07) is 0. The van der Waals surface area contributed by atoms with Gasteiger partial charge in [-0.25, -0.2) is 4.79 Å². The van der Waals surface area contributed by atoms with Gasteiger partial charge in [-0.2, -0.15) is 0 Å². The Kier molecular flexibility index (Phi) is 3.43. The van der Waals surface area contributed by atoms with Crippen LogP contribution in [0.15, 0.2) is 0 Å². The van der Waals surface area contributed by atoms with Crippen molar-refractivity contribution in [2.75, 3.05) is 0 Å². The molecule has 0 aliphatic rings. The van der Waals surface area contributed by atoms with Gasteiger partial charge in [0.2, 0.25) is 0 Å². The van der Waals surface area contributed by atoms with Gasteiger partial charge in [-0.3, -0.25) is 9.45 Å². The molecular weight excluding hydrogens is 135 g/mol. The summed E-state index contributed by atoms with van der Waals surface area (Å²) in [5.41, 5.74) is 0. The quantitative estimate of drug-likeness (QED) is 0.328. The molecule has 1 unspecified atom stereocenters. The molecule has 6 heteroatoms. The van der Waals surface area contributed by atoms with Crippen LogP contribution < -0.4 is 0 Å². The molecule has 0 saturated heterocycles. The van der Waals surface area contributed by atoms with Crippen molar-refractivity contribution in [2.45, 2.75) is 6.92 Å². The molecule has 0 radical (unpaired) electrons. The highest BCUT2D eigenvalue weighted by Gasteiger charge is 1.95. The molecule has 1 N–H and O–H groups in total. The van der Waals surface area contributed by atoms with E-state index in [0.29, 0.717) is 0 Å². The molecule has 0 saturated carbocycles. The Balaban J connectivity index is 3.18. The number of hydrogen-bond acceptors (Lipinski definition) is 4. The maximum absolute atomic E-state index is 9.77. The first-order valence-electron chi connectivity index (χ1n) is 1.71. The van der Waals surface area contributed by atoms with Crippen molar-refractivity contribution in [3.63, 3.8) is 0 Å². The second kappa shape index (κ2) is 3.60. The van der Waals surface area contributed by atoms with Crippen LogP contribution >= 0.6 is 8.25 Å². The monoisotopic (exact) mass is 140 g/mol. The third-order valence-corrected chi connectivity index (χ3v) is 0.456. The first kappa shape index (κ1) is 7.62. The van der Waals surface area contributed by atoms with Crippen LogP contribution in [0.3, 0.4) is 0 Å². The zero-order chi connectivity index (χ0) is 6.57. The van der Waals surface area contributed by atoms with Crippen LogP contribution in [-0.2, 0) is 18.9 Å². The van der Waals surface area contributed by atoms with Crippen molar-refractivity contribution < 1.29 is 23.8 Å². The fourth-order valence-electron chi connectivity index (χ4n) is 0.0943. The molecule has 1 atom stereocenters. The molecule has 5 nitrogen and oxygen atoms in total. The Hall–Kier alpha value is -0.380. The first-order chi connectivity index (χ1) is 3.63. The van der Waals surface area contributed by atoms with E-state index >= 15 is 0 Å². The summed E-state index contributed by atoms with van der Waals surface area (Å²) >= 11 is 0. The minimum atomic E-state index is -3.12. The summed E-state index contributed by atoms with van der Waals surface area (Å²) in [6.45, 7) is 1.06. The van der Waals surface area contributed by atoms with E-state index in [9.17, 15) is 9.36 Å². The van der Waals surface area contributed by atoms with Crippen LogP contribution in [0, 0.1) is 0 Å². The summed E-state index contributed by atoms with van der Waals surface area (Å²) in [6.07, 6.45) is 0. The molecule has 0 aliphatic carbocycles. The Morgan fingerprint density at radius 1 is 1.75 bits per heavy atom. The highest BCUT2D eigenvalue weighted by Crippen LogP contribution is 2.13. The molecule has 0 fully saturated rings. The number of carbonyl (C=O) groups is 1. The number of carbonyl (C=O) groups excluding carboxylic acids is 1. The average Bonchev–Trinajstić information content (AvgIpc) is 1.61. The second-order valence-electron chi connectivity index (χ2n) is 0.924. The maximum Gasteiger partial charge on any atom is 0.355 e. The minimum absolute atomic E-state index is 0.752. The second-order valence-corrected chi connectivity index (χ2v) is 1.62. The minimum Gasteiger partial charge on any atom is -0.324 e. The topological polar surface area (TPSA) is 72.8 Å². The van der Waals surface area contributed by atoms with Crippen molar-refractivity contribution in [2.24, 2.45) is 0 Å². The van der Waals surface area contributed by atoms with E-state index in [1.807, 2.05) is 0 Å². The molecule has 0 amide bonds. The molecule has 0 aromatic heterocycles. The van der Waals surface area contributed by atoms with Crippen LogP contribution in [0.25, 0.3) is 0 Å². The smallest absolute Gasteiger partial charge is 0.324 e. The fraction of sp³-hybridized carbons (Fsp3) is 0.500. The van der Waals surface area contributed by atoms with Gasteiger partial charge in [0.25, 0.3) is 0 Å². The molecule has 0 heterocycles. The van der Waals surface area contributed by atoms with Gasteiger partial charge < -0.3 is 4.89 Å². The van der Waals surface area contributed by atoms with Gasteiger partial charge in [0, 0.05) is 6.92 Å². The van der Waals surface area contributed by atoms with Crippen molar-refractivity contribution in [3.8, 4) is 0 Å². The van der Waals surface area contributed by atoms with E-state index in [2.05, 4.69) is 9.56 Å². The van der Waals surface area contributed by atoms with E-state index in [1.54, 1.807) is 0 Å². The molecule has 0 rings (SSSR count). The van der Waals surface area contributed by atoms with E-state index in [1.165, 1.54) is 0 Å². The van der Waals surface area contributed by atoms with Crippen LogP contribution in [0.5, 0.6) is 0 Å². The van der Waals surface area contributed by atoms with Gasteiger partial charge in [0.15, 0.2) is 0 Å². The van der Waals surface area contributed by atoms with Crippen LogP contribution in [-0.4, -0.2) is 10.9 Å². The highest BCUT2D eigenvalue weighted by molar-refractivity contribution is 7.31. The van der Waals surface area contributed by atoms with Gasteiger partial charge in [-0.1, -0.05) is 4.67 Å². The number of hydrogen-bond donors (Lipinski definition) is 1. The van der Waals surface area contributed by atoms with Gasteiger partial charge in [0.05, 0.1) is 0 Å². The summed E-state index contributed by atoms with van der Waals surface area (Å²) in [5.74, 6) is -0.752. The Labute approximate surface area is 46.1 Å². The van der Waals surface area contributed by atoms with E-state index in [0.717, 1.165) is 6.92 Å². The zero-order valence-electron chi connectivity index (χ0n) is 4.08. The van der Waals surface area contributed by atoms with E-state index in [4.69, 9.17) is 4.89 Å². The molecule has 0 aliphatic heterocycles. The van der Waals surface area contributed by atoms with Crippen LogP contribution in [0.4, 0.5) is 0 Å². The lowest BCUT2D eigenvalue weighted by molar-refractivity contribution is -0.211. The lowest BCUT2D eigenvalue weighted by Crippen LogP contribution is -1.93. The third-order valence-electron chi connectivity index (χ3n) is 0.230. The Morgan fingerprint density at radius 2 is 2.25 bits per heavy atom. The van der Waals surface area contributed by atoms with Gasteiger partial charge in [0.1, 0.15) is 0 Å². The van der Waals surface area contributed by atoms with Crippen molar-refractivity contribution in [3.05, 3.63) is 0 Å². The maximum atomic E-state index is 9.77. The van der Waals surface area contributed by atoms with Crippen molar-refractivity contribution in [1.82, 2.24) is 0 Å². The standard InChI is InChI=1S/C2H5O5P/c1-2(3)6-7-8(4)5/h8H,1H3,(H,4,5). The third kappa shape index (κ3) is 5.62. The highest BCUT2D eigenvalue weighted by atomic mass is 31.1. The Bertz CT molecular complexity index is 95.0. The van der Waals surface area contributed by atoms with E-state index < -0.39 is 14.2 Å². The predicted octanol–water partition coefficient (Wildman–Crippen LogP) is -0.137. The van der Waals surface area contributed by atoms with Gasteiger partial charge >= 0.3 is 14.2 Å². The largest absolute Gasteiger partial charge is 0.355 e. The molecule has 0 aromatic rings. The van der Waals surface area contributed by atoms with Crippen LogP contribution in [0.1, 0.15) is 6.92 Å². The fourth-order valence-corrected chi connectivity index (χ4v) is 0.283. The SMILES string of the molecule is CC(=O)OO[PH](=O)O. The molecule has 0 aromatic carbocycles. The predicted molar refractivity (Wildman–Crippen MR) is 24.1 cm³/mol. The van der Waals surface area contributed by atoms with Crippen molar-refractivity contribution in [1.29, 1.82) is 0 Å². The summed E-state index contributed by atoms with van der Waals surface area (Å²) < 4.78 is 13.1. The molecule has 8 heavy (non-hydrogen) atoms. The molecule has 0 spiro atoms. The number of rotatable bonds is 2.